The average molecular weight is 288 g/mol. The zero-order valence-corrected chi connectivity index (χ0v) is 11.7. The van der Waals surface area contributed by atoms with Gasteiger partial charge in [0.25, 0.3) is 5.91 Å². The molecule has 0 saturated carbocycles. The maximum atomic E-state index is 12.3. The predicted molar refractivity (Wildman–Crippen MR) is 72.6 cm³/mol. The summed E-state index contributed by atoms with van der Waals surface area (Å²) in [6, 6.07) is 2.08. The number of likely N-dealkylation sites (tertiary alicyclic amines) is 1. The van der Waals surface area contributed by atoms with E-state index in [9.17, 15) is 4.79 Å². The van der Waals surface area contributed by atoms with E-state index in [2.05, 4.69) is 20.3 Å². The molecule has 0 spiro atoms. The number of carbonyl (C=O) groups excluding carboxylic acids is 1. The van der Waals surface area contributed by atoms with Crippen LogP contribution in [-0.4, -0.2) is 55.0 Å². The van der Waals surface area contributed by atoms with Gasteiger partial charge < -0.3 is 9.64 Å². The number of aromatic nitrogens is 5. The lowest BCUT2D eigenvalue weighted by molar-refractivity contribution is 0.0510. The third-order valence-corrected chi connectivity index (χ3v) is 3.30. The Morgan fingerprint density at radius 1 is 1.38 bits per heavy atom. The van der Waals surface area contributed by atoms with Gasteiger partial charge in [0.2, 0.25) is 0 Å². The third-order valence-electron chi connectivity index (χ3n) is 3.30. The van der Waals surface area contributed by atoms with E-state index in [-0.39, 0.29) is 12.0 Å². The molecule has 8 nitrogen and oxygen atoms in total. The molecule has 0 radical (unpaired) electrons. The Kier molecular flexibility index (Phi) is 3.76. The molecule has 1 fully saturated rings. The maximum Gasteiger partial charge on any atom is 0.316 e. The van der Waals surface area contributed by atoms with Crippen molar-refractivity contribution in [1.29, 1.82) is 0 Å². The summed E-state index contributed by atoms with van der Waals surface area (Å²) in [6.45, 7) is 1.21. The van der Waals surface area contributed by atoms with Crippen LogP contribution in [0.4, 0.5) is 0 Å². The smallest absolute Gasteiger partial charge is 0.316 e. The van der Waals surface area contributed by atoms with Crippen LogP contribution in [0.1, 0.15) is 23.3 Å². The Balaban J connectivity index is 1.64. The molecule has 1 atom stereocenters. The van der Waals surface area contributed by atoms with Gasteiger partial charge in [-0.3, -0.25) is 9.48 Å². The molecule has 2 aromatic rings. The summed E-state index contributed by atoms with van der Waals surface area (Å²) in [6.07, 6.45) is 6.54. The Hall–Kier alpha value is -2.51. The zero-order valence-electron chi connectivity index (χ0n) is 11.7. The highest BCUT2D eigenvalue weighted by atomic mass is 16.5. The molecular weight excluding hydrogens is 272 g/mol. The van der Waals surface area contributed by atoms with Crippen LogP contribution < -0.4 is 4.74 Å². The van der Waals surface area contributed by atoms with Gasteiger partial charge in [-0.25, -0.2) is 9.97 Å². The van der Waals surface area contributed by atoms with E-state index in [1.807, 2.05) is 0 Å². The van der Waals surface area contributed by atoms with E-state index in [0.29, 0.717) is 24.8 Å². The van der Waals surface area contributed by atoms with Crippen molar-refractivity contribution in [2.75, 3.05) is 13.1 Å². The minimum absolute atomic E-state index is 0.0956. The average Bonchev–Trinajstić information content (AvgIpc) is 2.94. The summed E-state index contributed by atoms with van der Waals surface area (Å²) in [5.41, 5.74) is 0.356. The molecule has 0 bridgehead atoms. The third kappa shape index (κ3) is 3.15. The van der Waals surface area contributed by atoms with Crippen LogP contribution in [0.5, 0.6) is 6.01 Å². The molecular formula is C13H16N6O2. The lowest BCUT2D eigenvalue weighted by Gasteiger charge is -2.31. The molecule has 2 aromatic heterocycles. The maximum absolute atomic E-state index is 12.3. The second-order valence-corrected chi connectivity index (χ2v) is 4.94. The molecule has 0 aromatic carbocycles. The van der Waals surface area contributed by atoms with Crippen LogP contribution >= 0.6 is 0 Å². The Morgan fingerprint density at radius 3 is 2.90 bits per heavy atom. The molecule has 1 amide bonds. The standard InChI is InChI=1S/C13H16N6O2/c1-18-9-11(16-17-18)12(20)19-7-2-4-10(8-19)21-13-14-5-3-6-15-13/h3,5-6,9-10H,2,4,7-8H2,1H3. The first-order valence-electron chi connectivity index (χ1n) is 6.81. The van der Waals surface area contributed by atoms with Crippen molar-refractivity contribution in [3.63, 3.8) is 0 Å². The number of hydrogen-bond donors (Lipinski definition) is 0. The number of aryl methyl sites for hydroxylation is 1. The van der Waals surface area contributed by atoms with Crippen molar-refractivity contribution in [2.24, 2.45) is 7.05 Å². The van der Waals surface area contributed by atoms with Gasteiger partial charge in [-0.1, -0.05) is 5.21 Å². The quantitative estimate of drug-likeness (QED) is 0.807. The van der Waals surface area contributed by atoms with Crippen molar-refractivity contribution in [3.05, 3.63) is 30.4 Å². The highest BCUT2D eigenvalue weighted by Gasteiger charge is 2.27. The van der Waals surface area contributed by atoms with Crippen molar-refractivity contribution in [1.82, 2.24) is 29.9 Å². The first-order valence-corrected chi connectivity index (χ1v) is 6.81. The SMILES string of the molecule is Cn1cc(C(=O)N2CCCC(Oc3ncccn3)C2)nn1. The van der Waals surface area contributed by atoms with E-state index in [4.69, 9.17) is 4.74 Å². The van der Waals surface area contributed by atoms with Crippen molar-refractivity contribution in [3.8, 4) is 6.01 Å². The monoisotopic (exact) mass is 288 g/mol. The fourth-order valence-corrected chi connectivity index (χ4v) is 2.32. The van der Waals surface area contributed by atoms with Gasteiger partial charge in [-0.2, -0.15) is 0 Å². The first-order chi connectivity index (χ1) is 10.2. The number of hydrogen-bond acceptors (Lipinski definition) is 6. The van der Waals surface area contributed by atoms with E-state index in [1.54, 1.807) is 36.6 Å². The molecule has 1 unspecified atom stereocenters. The molecule has 110 valence electrons. The van der Waals surface area contributed by atoms with Gasteiger partial charge in [-0.15, -0.1) is 5.10 Å². The molecule has 1 aliphatic heterocycles. The van der Waals surface area contributed by atoms with E-state index in [1.165, 1.54) is 4.68 Å². The summed E-state index contributed by atoms with van der Waals surface area (Å²) < 4.78 is 7.24. The van der Waals surface area contributed by atoms with Crippen molar-refractivity contribution >= 4 is 5.91 Å². The molecule has 3 heterocycles. The van der Waals surface area contributed by atoms with Gasteiger partial charge in [0.05, 0.1) is 12.7 Å². The number of ether oxygens (including phenoxy) is 1. The number of nitrogens with zero attached hydrogens (tertiary/aromatic N) is 6. The summed E-state index contributed by atoms with van der Waals surface area (Å²) >= 11 is 0. The van der Waals surface area contributed by atoms with Gasteiger partial charge >= 0.3 is 6.01 Å². The van der Waals surface area contributed by atoms with E-state index in [0.717, 1.165) is 12.8 Å². The Morgan fingerprint density at radius 2 is 2.19 bits per heavy atom. The van der Waals surface area contributed by atoms with Gasteiger partial charge in [-0.05, 0) is 18.9 Å². The molecule has 0 N–H and O–H groups in total. The highest BCUT2D eigenvalue weighted by Crippen LogP contribution is 2.16. The molecule has 0 aliphatic carbocycles. The number of amides is 1. The first kappa shape index (κ1) is 13.5. The van der Waals surface area contributed by atoms with Crippen molar-refractivity contribution < 1.29 is 9.53 Å². The van der Waals surface area contributed by atoms with Crippen LogP contribution in [0.15, 0.2) is 24.7 Å². The topological polar surface area (TPSA) is 86.0 Å². The number of piperidine rings is 1. The van der Waals surface area contributed by atoms with Gasteiger partial charge in [0.15, 0.2) is 5.69 Å². The lowest BCUT2D eigenvalue weighted by atomic mass is 10.1. The van der Waals surface area contributed by atoms with E-state index < -0.39 is 0 Å². The van der Waals surface area contributed by atoms with Gasteiger partial charge in [0, 0.05) is 26.0 Å². The Bertz CT molecular complexity index is 614. The summed E-state index contributed by atoms with van der Waals surface area (Å²) in [7, 11) is 1.73. The fraction of sp³-hybridized carbons (Fsp3) is 0.462. The summed E-state index contributed by atoms with van der Waals surface area (Å²) in [5, 5.41) is 7.64. The normalized spacial score (nSPS) is 18.5. The molecule has 8 heteroatoms. The number of carbonyl (C=O) groups is 1. The van der Waals surface area contributed by atoms with E-state index >= 15 is 0 Å². The molecule has 1 aliphatic rings. The lowest BCUT2D eigenvalue weighted by Crippen LogP contribution is -2.44. The summed E-state index contributed by atoms with van der Waals surface area (Å²) in [5.74, 6) is -0.120. The predicted octanol–water partition coefficient (Wildman–Crippen LogP) is 0.289. The highest BCUT2D eigenvalue weighted by molar-refractivity contribution is 5.92. The van der Waals surface area contributed by atoms with Gasteiger partial charge in [0.1, 0.15) is 6.10 Å². The van der Waals surface area contributed by atoms with Crippen molar-refractivity contribution in [2.45, 2.75) is 18.9 Å². The molecule has 3 rings (SSSR count). The second kappa shape index (κ2) is 5.86. The number of rotatable bonds is 3. The van der Waals surface area contributed by atoms with Crippen LogP contribution in [0, 0.1) is 0 Å². The Labute approximate surface area is 121 Å². The largest absolute Gasteiger partial charge is 0.458 e. The molecule has 1 saturated heterocycles. The molecule has 21 heavy (non-hydrogen) atoms. The fourth-order valence-electron chi connectivity index (χ4n) is 2.32. The summed E-state index contributed by atoms with van der Waals surface area (Å²) in [4.78, 5) is 22.2. The zero-order chi connectivity index (χ0) is 14.7. The minimum Gasteiger partial charge on any atom is -0.458 e. The van der Waals surface area contributed by atoms with Crippen LogP contribution in [-0.2, 0) is 7.05 Å². The minimum atomic E-state index is -0.120. The van der Waals surface area contributed by atoms with Crippen LogP contribution in [0.25, 0.3) is 0 Å². The van der Waals surface area contributed by atoms with Crippen LogP contribution in [0.3, 0.4) is 0 Å². The van der Waals surface area contributed by atoms with Crippen LogP contribution in [0.2, 0.25) is 0 Å². The second-order valence-electron chi connectivity index (χ2n) is 4.94.